The van der Waals surface area contributed by atoms with Gasteiger partial charge in [-0.15, -0.1) is 6.42 Å². The number of nitrogens with zero attached hydrogens (tertiary/aromatic N) is 3. The Morgan fingerprint density at radius 3 is 2.38 bits per heavy atom. The number of aromatic nitrogens is 1. The third kappa shape index (κ3) is 11.8. The molecule has 2 heterocycles. The third-order valence-electron chi connectivity index (χ3n) is 7.16. The van der Waals surface area contributed by atoms with Crippen LogP contribution in [0, 0.1) is 36.8 Å². The summed E-state index contributed by atoms with van der Waals surface area (Å²) in [5.74, 6) is 3.09. The SMILES string of the molecule is C#C/C(=C\C=C(/C)F)CN1CCC(C)CC1.C=C(NCc1ccc(F)cc1F)c1cnc(N(CCC)CCC)c(C)c1. The summed E-state index contributed by atoms with van der Waals surface area (Å²) in [4.78, 5) is 9.26. The van der Waals surface area contributed by atoms with Gasteiger partial charge in [0.15, 0.2) is 0 Å². The fourth-order valence-electron chi connectivity index (χ4n) is 4.72. The number of terminal acetylenes is 1. The number of benzene rings is 1. The third-order valence-corrected chi connectivity index (χ3v) is 7.16. The number of anilines is 1. The van der Waals surface area contributed by atoms with Gasteiger partial charge in [0, 0.05) is 60.8 Å². The van der Waals surface area contributed by atoms with E-state index in [9.17, 15) is 13.2 Å². The lowest BCUT2D eigenvalue weighted by atomic mass is 9.99. The van der Waals surface area contributed by atoms with Crippen molar-refractivity contribution in [3.63, 3.8) is 0 Å². The van der Waals surface area contributed by atoms with Gasteiger partial charge in [0.1, 0.15) is 17.5 Å². The number of nitrogens with one attached hydrogen (secondary N) is 1. The van der Waals surface area contributed by atoms with Crippen LogP contribution in [0.3, 0.4) is 0 Å². The van der Waals surface area contributed by atoms with Crippen LogP contribution in [0.25, 0.3) is 5.70 Å². The summed E-state index contributed by atoms with van der Waals surface area (Å²) < 4.78 is 39.3. The molecule has 1 aromatic heterocycles. The van der Waals surface area contributed by atoms with E-state index in [1.54, 1.807) is 12.3 Å². The van der Waals surface area contributed by atoms with Gasteiger partial charge >= 0.3 is 0 Å². The summed E-state index contributed by atoms with van der Waals surface area (Å²) in [5.41, 5.74) is 3.85. The quantitative estimate of drug-likeness (QED) is 0.203. The minimum atomic E-state index is -0.579. The summed E-state index contributed by atoms with van der Waals surface area (Å²) in [5, 5.41) is 3.09. The highest BCUT2D eigenvalue weighted by Crippen LogP contribution is 2.22. The van der Waals surface area contributed by atoms with Crippen molar-refractivity contribution >= 4 is 11.5 Å². The Kier molecular flexibility index (Phi) is 15.0. The van der Waals surface area contributed by atoms with Crippen LogP contribution in [0.5, 0.6) is 0 Å². The summed E-state index contributed by atoms with van der Waals surface area (Å²) >= 11 is 0. The van der Waals surface area contributed by atoms with Crippen LogP contribution in [0.2, 0.25) is 0 Å². The molecule has 0 radical (unpaired) electrons. The number of hydrogen-bond acceptors (Lipinski definition) is 4. The van der Waals surface area contributed by atoms with Crippen molar-refractivity contribution in [3.05, 3.63) is 88.9 Å². The zero-order chi connectivity index (χ0) is 31.1. The van der Waals surface area contributed by atoms with E-state index in [0.717, 1.165) is 80.1 Å². The van der Waals surface area contributed by atoms with Crippen molar-refractivity contribution in [2.75, 3.05) is 37.6 Å². The number of aryl methyl sites for hydroxylation is 1. The van der Waals surface area contributed by atoms with Crippen molar-refractivity contribution in [1.29, 1.82) is 0 Å². The molecular formula is C35H47F3N4. The largest absolute Gasteiger partial charge is 0.381 e. The molecule has 0 unspecified atom stereocenters. The minimum Gasteiger partial charge on any atom is -0.381 e. The van der Waals surface area contributed by atoms with Crippen LogP contribution < -0.4 is 10.2 Å². The van der Waals surface area contributed by atoms with Crippen LogP contribution in [0.4, 0.5) is 19.0 Å². The second-order valence-electron chi connectivity index (χ2n) is 11.0. The highest BCUT2D eigenvalue weighted by atomic mass is 19.1. The van der Waals surface area contributed by atoms with Crippen molar-refractivity contribution < 1.29 is 13.2 Å². The van der Waals surface area contributed by atoms with Crippen LogP contribution in [0.1, 0.15) is 70.1 Å². The van der Waals surface area contributed by atoms with E-state index in [1.165, 1.54) is 38.0 Å². The number of allylic oxidation sites excluding steroid dienone is 3. The van der Waals surface area contributed by atoms with E-state index in [1.807, 2.05) is 13.0 Å². The molecule has 42 heavy (non-hydrogen) atoms. The molecule has 1 aliphatic rings. The molecule has 1 aliphatic heterocycles. The molecule has 4 nitrogen and oxygen atoms in total. The van der Waals surface area contributed by atoms with Gasteiger partial charge < -0.3 is 10.2 Å². The second-order valence-corrected chi connectivity index (χ2v) is 11.0. The van der Waals surface area contributed by atoms with Gasteiger partial charge in [0.05, 0.1) is 5.83 Å². The minimum absolute atomic E-state index is 0.208. The molecule has 2 aromatic rings. The van der Waals surface area contributed by atoms with Crippen molar-refractivity contribution in [3.8, 4) is 12.3 Å². The normalized spacial score (nSPS) is 14.5. The molecule has 0 bridgehead atoms. The van der Waals surface area contributed by atoms with Gasteiger partial charge in [-0.3, -0.25) is 4.90 Å². The molecule has 1 fully saturated rings. The zero-order valence-corrected chi connectivity index (χ0v) is 25.9. The monoisotopic (exact) mass is 580 g/mol. The lowest BCUT2D eigenvalue weighted by molar-refractivity contribution is 0.208. The molecule has 228 valence electrons. The van der Waals surface area contributed by atoms with Crippen LogP contribution >= 0.6 is 0 Å². The second kappa shape index (κ2) is 18.1. The first-order valence-electron chi connectivity index (χ1n) is 14.9. The lowest BCUT2D eigenvalue weighted by Crippen LogP contribution is -2.34. The first-order chi connectivity index (χ1) is 20.1. The van der Waals surface area contributed by atoms with E-state index >= 15 is 0 Å². The van der Waals surface area contributed by atoms with Gasteiger partial charge in [-0.05, 0) is 88.4 Å². The predicted octanol–water partition coefficient (Wildman–Crippen LogP) is 8.21. The zero-order valence-electron chi connectivity index (χ0n) is 25.9. The van der Waals surface area contributed by atoms with Crippen molar-refractivity contribution in [2.45, 2.75) is 66.8 Å². The van der Waals surface area contributed by atoms with Gasteiger partial charge in [-0.2, -0.15) is 0 Å². The standard InChI is InChI=1S/C21H27F2N3.C14H20FN/c1-5-9-26(10-6-2)21-15(3)11-18(14-25-21)16(4)24-13-17-7-8-19(22)12-20(17)23;1-4-14(6-5-13(3)15)11-16-9-7-12(2)8-10-16/h7-8,11-12,14,24H,4-6,9-10,13H2,1-3H3;1,5-6,12H,7-11H2,2-3H3/b;13-5+,14-6+. The highest BCUT2D eigenvalue weighted by Gasteiger charge is 2.16. The molecule has 0 atom stereocenters. The van der Waals surface area contributed by atoms with Gasteiger partial charge in [-0.25, -0.2) is 18.2 Å². The molecule has 1 saturated heterocycles. The average molecular weight is 581 g/mol. The fraction of sp³-hybridized carbons (Fsp3) is 0.457. The van der Waals surface area contributed by atoms with Gasteiger partial charge in [0.2, 0.25) is 0 Å². The Morgan fingerprint density at radius 2 is 1.83 bits per heavy atom. The fourth-order valence-corrected chi connectivity index (χ4v) is 4.72. The molecule has 1 aromatic carbocycles. The summed E-state index contributed by atoms with van der Waals surface area (Å²) in [6, 6.07) is 5.61. The summed E-state index contributed by atoms with van der Waals surface area (Å²) in [6.45, 7) is 19.2. The molecular weight excluding hydrogens is 533 g/mol. The topological polar surface area (TPSA) is 31.4 Å². The van der Waals surface area contributed by atoms with E-state index in [-0.39, 0.29) is 12.4 Å². The number of pyridine rings is 1. The van der Waals surface area contributed by atoms with E-state index in [2.05, 4.69) is 53.4 Å². The molecule has 7 heteroatoms. The average Bonchev–Trinajstić information content (AvgIpc) is 2.96. The van der Waals surface area contributed by atoms with E-state index in [4.69, 9.17) is 6.42 Å². The molecule has 0 saturated carbocycles. The van der Waals surface area contributed by atoms with Gasteiger partial charge in [-0.1, -0.05) is 39.3 Å². The Morgan fingerprint density at radius 1 is 1.17 bits per heavy atom. The number of rotatable bonds is 12. The van der Waals surface area contributed by atoms with E-state index in [0.29, 0.717) is 11.3 Å². The maximum atomic E-state index is 13.7. The Labute approximate surface area is 251 Å². The maximum Gasteiger partial charge on any atom is 0.131 e. The lowest BCUT2D eigenvalue weighted by Gasteiger charge is -2.30. The Bertz CT molecular complexity index is 1240. The molecule has 0 spiro atoms. The number of halogens is 3. The van der Waals surface area contributed by atoms with Gasteiger partial charge in [0.25, 0.3) is 0 Å². The molecule has 0 aliphatic carbocycles. The molecule has 3 rings (SSSR count). The smallest absolute Gasteiger partial charge is 0.131 e. The van der Waals surface area contributed by atoms with Crippen molar-refractivity contribution in [2.24, 2.45) is 5.92 Å². The first kappa shape index (κ1) is 34.7. The Balaban J connectivity index is 0.000000330. The number of likely N-dealkylation sites (tertiary alicyclic amines) is 1. The van der Waals surface area contributed by atoms with Crippen molar-refractivity contribution in [1.82, 2.24) is 15.2 Å². The van der Waals surface area contributed by atoms with E-state index < -0.39 is 11.6 Å². The summed E-state index contributed by atoms with van der Waals surface area (Å²) in [6.07, 6.45) is 14.9. The molecule has 0 amide bonds. The number of hydrogen-bond donors (Lipinski definition) is 1. The molecule has 1 N–H and O–H groups in total. The maximum absolute atomic E-state index is 13.7. The van der Waals surface area contributed by atoms with Crippen LogP contribution in [0.15, 0.2) is 60.6 Å². The van der Waals surface area contributed by atoms with Crippen LogP contribution in [-0.4, -0.2) is 42.6 Å². The summed E-state index contributed by atoms with van der Waals surface area (Å²) in [7, 11) is 0. The predicted molar refractivity (Wildman–Crippen MR) is 171 cm³/mol. The first-order valence-corrected chi connectivity index (χ1v) is 14.9. The van der Waals surface area contributed by atoms with Crippen LogP contribution in [-0.2, 0) is 6.54 Å². The highest BCUT2D eigenvalue weighted by molar-refractivity contribution is 5.64. The number of piperidine rings is 1. The Hall–Kier alpha value is -3.50.